The van der Waals surface area contributed by atoms with Gasteiger partial charge in [-0.3, -0.25) is 0 Å². The second kappa shape index (κ2) is 6.90. The molecule has 2 heterocycles. The lowest BCUT2D eigenvalue weighted by Crippen LogP contribution is -2.06. The molecule has 3 nitrogen and oxygen atoms in total. The van der Waals surface area contributed by atoms with Crippen LogP contribution in [0.25, 0.3) is 11.2 Å². The minimum atomic E-state index is 0.606. The first-order valence-electron chi connectivity index (χ1n) is 7.08. The van der Waals surface area contributed by atoms with E-state index >= 15 is 0 Å². The number of halogens is 1. The molecule has 0 saturated carbocycles. The molecule has 0 aromatic carbocycles. The molecule has 2 rings (SSSR count). The lowest BCUT2D eigenvalue weighted by molar-refractivity contribution is 0.507. The van der Waals surface area contributed by atoms with E-state index in [2.05, 4.69) is 28.4 Å². The molecule has 0 N–H and O–H groups in total. The van der Waals surface area contributed by atoms with Crippen LogP contribution in [-0.2, 0) is 13.0 Å². The molecule has 19 heavy (non-hydrogen) atoms. The first-order chi connectivity index (χ1) is 9.22. The van der Waals surface area contributed by atoms with Gasteiger partial charge in [-0.25, -0.2) is 9.97 Å². The van der Waals surface area contributed by atoms with Crippen molar-refractivity contribution in [3.63, 3.8) is 0 Å². The third-order valence-corrected chi connectivity index (χ3v) is 3.50. The lowest BCUT2D eigenvalue weighted by Gasteiger charge is -2.08. The van der Waals surface area contributed by atoms with E-state index in [0.717, 1.165) is 35.9 Å². The SMILES string of the molecule is CC(C)CCCCn1c(CCCl)nc2cccnc21. The third kappa shape index (κ3) is 3.69. The standard InChI is InChI=1S/C15H22ClN3/c1-12(2)6-3-4-11-19-14(8-9-16)18-13-7-5-10-17-15(13)19/h5,7,10,12H,3-4,6,8-9,11H2,1-2H3. The van der Waals surface area contributed by atoms with E-state index in [1.165, 1.54) is 19.3 Å². The second-order valence-electron chi connectivity index (χ2n) is 5.35. The molecule has 0 saturated heterocycles. The Morgan fingerprint density at radius 3 is 2.89 bits per heavy atom. The second-order valence-corrected chi connectivity index (χ2v) is 5.73. The van der Waals surface area contributed by atoms with Crippen molar-refractivity contribution in [3.05, 3.63) is 24.2 Å². The summed E-state index contributed by atoms with van der Waals surface area (Å²) in [6.45, 7) is 5.53. The Balaban J connectivity index is 2.12. The van der Waals surface area contributed by atoms with Gasteiger partial charge >= 0.3 is 0 Å². The number of hydrogen-bond acceptors (Lipinski definition) is 2. The van der Waals surface area contributed by atoms with Crippen LogP contribution in [0, 0.1) is 5.92 Å². The Bertz CT molecular complexity index is 519. The van der Waals surface area contributed by atoms with Gasteiger partial charge in [0.05, 0.1) is 0 Å². The molecule has 0 aliphatic rings. The Kier molecular flexibility index (Phi) is 5.20. The Labute approximate surface area is 120 Å². The van der Waals surface area contributed by atoms with Crippen LogP contribution in [0.5, 0.6) is 0 Å². The summed E-state index contributed by atoms with van der Waals surface area (Å²) >= 11 is 5.86. The van der Waals surface area contributed by atoms with Crippen LogP contribution >= 0.6 is 11.6 Å². The van der Waals surface area contributed by atoms with Crippen LogP contribution < -0.4 is 0 Å². The van der Waals surface area contributed by atoms with Crippen molar-refractivity contribution >= 4 is 22.8 Å². The molecule has 0 atom stereocenters. The van der Waals surface area contributed by atoms with Gasteiger partial charge in [0.2, 0.25) is 0 Å². The van der Waals surface area contributed by atoms with Gasteiger partial charge in [0, 0.05) is 25.0 Å². The Morgan fingerprint density at radius 1 is 1.32 bits per heavy atom. The van der Waals surface area contributed by atoms with Gasteiger partial charge in [0.1, 0.15) is 11.3 Å². The van der Waals surface area contributed by atoms with Gasteiger partial charge in [0.25, 0.3) is 0 Å². The molecule has 4 heteroatoms. The van der Waals surface area contributed by atoms with Crippen LogP contribution in [0.4, 0.5) is 0 Å². The maximum absolute atomic E-state index is 5.86. The number of rotatable bonds is 7. The van der Waals surface area contributed by atoms with E-state index in [1.807, 2.05) is 18.3 Å². The third-order valence-electron chi connectivity index (χ3n) is 3.31. The number of imidazole rings is 1. The number of fused-ring (bicyclic) bond motifs is 1. The summed E-state index contributed by atoms with van der Waals surface area (Å²) in [6, 6.07) is 3.95. The van der Waals surface area contributed by atoms with Crippen molar-refractivity contribution in [2.45, 2.75) is 46.1 Å². The van der Waals surface area contributed by atoms with Crippen molar-refractivity contribution in [2.75, 3.05) is 5.88 Å². The van der Waals surface area contributed by atoms with E-state index in [4.69, 9.17) is 11.6 Å². The summed E-state index contributed by atoms with van der Waals surface area (Å²) in [4.78, 5) is 9.09. The number of aryl methyl sites for hydroxylation is 2. The first kappa shape index (κ1) is 14.3. The quantitative estimate of drug-likeness (QED) is 0.566. The zero-order valence-electron chi connectivity index (χ0n) is 11.8. The van der Waals surface area contributed by atoms with Crippen LogP contribution in [-0.4, -0.2) is 20.4 Å². The average Bonchev–Trinajstić information content (AvgIpc) is 2.73. The molecule has 0 aliphatic heterocycles. The predicted molar refractivity (Wildman–Crippen MR) is 80.6 cm³/mol. The first-order valence-corrected chi connectivity index (χ1v) is 7.62. The fraction of sp³-hybridized carbons (Fsp3) is 0.600. The maximum Gasteiger partial charge on any atom is 0.159 e. The van der Waals surface area contributed by atoms with Gasteiger partial charge in [-0.15, -0.1) is 11.6 Å². The maximum atomic E-state index is 5.86. The van der Waals surface area contributed by atoms with E-state index in [9.17, 15) is 0 Å². The monoisotopic (exact) mass is 279 g/mol. The Morgan fingerprint density at radius 2 is 2.16 bits per heavy atom. The summed E-state index contributed by atoms with van der Waals surface area (Å²) in [5, 5.41) is 0. The molecule has 2 aromatic heterocycles. The molecule has 104 valence electrons. The van der Waals surface area contributed by atoms with E-state index in [-0.39, 0.29) is 0 Å². The summed E-state index contributed by atoms with van der Waals surface area (Å²) in [6.07, 6.45) is 6.35. The van der Waals surface area contributed by atoms with Crippen LogP contribution in [0.2, 0.25) is 0 Å². The molecule has 0 bridgehead atoms. The summed E-state index contributed by atoms with van der Waals surface area (Å²) < 4.78 is 2.23. The Hall–Kier alpha value is -1.09. The van der Waals surface area contributed by atoms with Crippen LogP contribution in [0.3, 0.4) is 0 Å². The highest BCUT2D eigenvalue weighted by molar-refractivity contribution is 6.17. The zero-order valence-corrected chi connectivity index (χ0v) is 12.5. The molecule has 2 aromatic rings. The number of pyridine rings is 1. The normalized spacial score (nSPS) is 11.6. The van der Waals surface area contributed by atoms with E-state index < -0.39 is 0 Å². The zero-order chi connectivity index (χ0) is 13.7. The largest absolute Gasteiger partial charge is 0.313 e. The van der Waals surface area contributed by atoms with Crippen molar-refractivity contribution in [3.8, 4) is 0 Å². The summed E-state index contributed by atoms with van der Waals surface area (Å²) in [5.41, 5.74) is 1.97. The topological polar surface area (TPSA) is 30.7 Å². The number of nitrogens with zero attached hydrogens (tertiary/aromatic N) is 3. The minimum absolute atomic E-state index is 0.606. The average molecular weight is 280 g/mol. The highest BCUT2D eigenvalue weighted by Gasteiger charge is 2.10. The summed E-state index contributed by atoms with van der Waals surface area (Å²) in [7, 11) is 0. The van der Waals surface area contributed by atoms with Gasteiger partial charge in [-0.1, -0.05) is 26.7 Å². The molecule has 0 radical (unpaired) electrons. The number of hydrogen-bond donors (Lipinski definition) is 0. The van der Waals surface area contributed by atoms with E-state index in [1.54, 1.807) is 0 Å². The number of alkyl halides is 1. The van der Waals surface area contributed by atoms with Gasteiger partial charge in [-0.05, 0) is 24.5 Å². The highest BCUT2D eigenvalue weighted by atomic mass is 35.5. The van der Waals surface area contributed by atoms with Crippen molar-refractivity contribution in [1.82, 2.24) is 14.5 Å². The number of aromatic nitrogens is 3. The van der Waals surface area contributed by atoms with Crippen molar-refractivity contribution in [1.29, 1.82) is 0 Å². The fourth-order valence-electron chi connectivity index (χ4n) is 2.34. The van der Waals surface area contributed by atoms with E-state index in [0.29, 0.717) is 5.88 Å². The molecular weight excluding hydrogens is 258 g/mol. The van der Waals surface area contributed by atoms with Gasteiger partial charge in [0.15, 0.2) is 5.65 Å². The smallest absolute Gasteiger partial charge is 0.159 e. The molecule has 0 unspecified atom stereocenters. The molecule has 0 fully saturated rings. The lowest BCUT2D eigenvalue weighted by atomic mass is 10.1. The van der Waals surface area contributed by atoms with Crippen LogP contribution in [0.1, 0.15) is 38.9 Å². The van der Waals surface area contributed by atoms with Crippen molar-refractivity contribution in [2.24, 2.45) is 5.92 Å². The predicted octanol–water partition coefficient (Wildman–Crippen LogP) is 4.04. The molecule has 0 aliphatic carbocycles. The van der Waals surface area contributed by atoms with Gasteiger partial charge in [-0.2, -0.15) is 0 Å². The number of unbranched alkanes of at least 4 members (excludes halogenated alkanes) is 1. The minimum Gasteiger partial charge on any atom is -0.313 e. The van der Waals surface area contributed by atoms with Crippen LogP contribution in [0.15, 0.2) is 18.3 Å². The fourth-order valence-corrected chi connectivity index (χ4v) is 2.51. The molecule has 0 spiro atoms. The molecular formula is C15H22ClN3. The summed E-state index contributed by atoms with van der Waals surface area (Å²) in [5.74, 6) is 2.45. The molecule has 0 amide bonds. The van der Waals surface area contributed by atoms with Gasteiger partial charge < -0.3 is 4.57 Å². The highest BCUT2D eigenvalue weighted by Crippen LogP contribution is 2.16. The van der Waals surface area contributed by atoms with Crippen molar-refractivity contribution < 1.29 is 0 Å².